The summed E-state index contributed by atoms with van der Waals surface area (Å²) in [6.45, 7) is 0. The van der Waals surface area contributed by atoms with Crippen molar-refractivity contribution >= 4 is 22.2 Å². The molecule has 0 amide bonds. The maximum Gasteiger partial charge on any atom is 0.156 e. The second-order valence-electron chi connectivity index (χ2n) is 4.11. The number of nitrogens with two attached hydrogens (primary N) is 1. The lowest BCUT2D eigenvalue weighted by Gasteiger charge is -2.45. The van der Waals surface area contributed by atoms with Crippen molar-refractivity contribution in [3.8, 4) is 0 Å². The van der Waals surface area contributed by atoms with Crippen LogP contribution in [0.1, 0.15) is 32.1 Å². The molecule has 1 spiro atoms. The van der Waals surface area contributed by atoms with Gasteiger partial charge in [-0.3, -0.25) is 0 Å². The molecule has 0 aromatic carbocycles. The summed E-state index contributed by atoms with van der Waals surface area (Å²) in [5, 5.41) is 0. The van der Waals surface area contributed by atoms with Gasteiger partial charge in [0.2, 0.25) is 0 Å². The number of halogens is 1. The molecule has 1 aliphatic heterocycles. The molecule has 2 fully saturated rings. The molecule has 2 rings (SSSR count). The van der Waals surface area contributed by atoms with E-state index in [0.717, 1.165) is 19.3 Å². The SMILES string of the molecule is Cl.NC1CCS(=O)(=O)C2(CCC2)C1. The Hall–Kier alpha value is 0.200. The van der Waals surface area contributed by atoms with Gasteiger partial charge < -0.3 is 5.73 Å². The zero-order chi connectivity index (χ0) is 8.82. The highest BCUT2D eigenvalue weighted by Crippen LogP contribution is 2.46. The van der Waals surface area contributed by atoms with Crippen LogP contribution in [0.4, 0.5) is 0 Å². The molecule has 0 aromatic heterocycles. The highest BCUT2D eigenvalue weighted by atomic mass is 35.5. The van der Waals surface area contributed by atoms with E-state index in [9.17, 15) is 8.42 Å². The monoisotopic (exact) mass is 225 g/mol. The molecule has 3 nitrogen and oxygen atoms in total. The summed E-state index contributed by atoms with van der Waals surface area (Å²) in [5.41, 5.74) is 5.78. The van der Waals surface area contributed by atoms with Crippen molar-refractivity contribution in [2.24, 2.45) is 5.73 Å². The van der Waals surface area contributed by atoms with Gasteiger partial charge in [0.1, 0.15) is 0 Å². The molecule has 2 aliphatic rings. The minimum absolute atomic E-state index is 0. The van der Waals surface area contributed by atoms with E-state index in [1.807, 2.05) is 0 Å². The van der Waals surface area contributed by atoms with Crippen LogP contribution in [-0.2, 0) is 9.84 Å². The van der Waals surface area contributed by atoms with Gasteiger partial charge in [0.15, 0.2) is 9.84 Å². The maximum atomic E-state index is 11.7. The van der Waals surface area contributed by atoms with Gasteiger partial charge in [-0.25, -0.2) is 8.42 Å². The van der Waals surface area contributed by atoms with Gasteiger partial charge in [0.25, 0.3) is 0 Å². The summed E-state index contributed by atoms with van der Waals surface area (Å²) in [7, 11) is -2.80. The molecule has 2 N–H and O–H groups in total. The third-order valence-electron chi connectivity index (χ3n) is 3.32. The molecule has 1 aliphatic carbocycles. The smallest absolute Gasteiger partial charge is 0.156 e. The van der Waals surface area contributed by atoms with E-state index < -0.39 is 9.84 Å². The molecule has 13 heavy (non-hydrogen) atoms. The number of sulfone groups is 1. The first-order valence-corrected chi connectivity index (χ1v) is 6.19. The largest absolute Gasteiger partial charge is 0.328 e. The van der Waals surface area contributed by atoms with Crippen LogP contribution in [0.2, 0.25) is 0 Å². The molecule has 1 saturated heterocycles. The lowest BCUT2D eigenvalue weighted by Crippen LogP contribution is -2.54. The fourth-order valence-corrected chi connectivity index (χ4v) is 4.74. The normalized spacial score (nSPS) is 34.7. The predicted molar refractivity (Wildman–Crippen MR) is 54.8 cm³/mol. The molecule has 0 radical (unpaired) electrons. The number of rotatable bonds is 0. The second-order valence-corrected chi connectivity index (χ2v) is 6.61. The first kappa shape index (κ1) is 11.3. The van der Waals surface area contributed by atoms with Crippen molar-refractivity contribution < 1.29 is 8.42 Å². The van der Waals surface area contributed by atoms with Gasteiger partial charge in [-0.2, -0.15) is 0 Å². The Kier molecular flexibility index (Phi) is 2.95. The van der Waals surface area contributed by atoms with Gasteiger partial charge in [0.05, 0.1) is 10.5 Å². The Morgan fingerprint density at radius 3 is 2.31 bits per heavy atom. The third kappa shape index (κ3) is 1.60. The van der Waals surface area contributed by atoms with Crippen molar-refractivity contribution in [2.45, 2.75) is 42.9 Å². The van der Waals surface area contributed by atoms with Crippen LogP contribution in [-0.4, -0.2) is 25.0 Å². The Balaban J connectivity index is 0.000000845. The van der Waals surface area contributed by atoms with E-state index >= 15 is 0 Å². The standard InChI is InChI=1S/C8H15NO2S.ClH/c9-7-2-5-12(10,11)8(6-7)3-1-4-8;/h7H,1-6,9H2;1H. The third-order valence-corrected chi connectivity index (χ3v) is 5.98. The zero-order valence-corrected chi connectivity index (χ0v) is 9.16. The quantitative estimate of drug-likeness (QED) is 0.666. The van der Waals surface area contributed by atoms with Crippen LogP contribution in [0.15, 0.2) is 0 Å². The van der Waals surface area contributed by atoms with Gasteiger partial charge in [0, 0.05) is 6.04 Å². The van der Waals surface area contributed by atoms with E-state index in [-0.39, 0.29) is 23.2 Å². The average Bonchev–Trinajstić information content (AvgIpc) is 1.91. The maximum absolute atomic E-state index is 11.7. The minimum Gasteiger partial charge on any atom is -0.328 e. The number of hydrogen-bond donors (Lipinski definition) is 1. The van der Waals surface area contributed by atoms with Gasteiger partial charge in [-0.05, 0) is 25.7 Å². The molecule has 0 aromatic rings. The van der Waals surface area contributed by atoms with Crippen molar-refractivity contribution in [1.82, 2.24) is 0 Å². The Morgan fingerprint density at radius 2 is 1.92 bits per heavy atom. The van der Waals surface area contributed by atoms with E-state index in [1.165, 1.54) is 0 Å². The van der Waals surface area contributed by atoms with Crippen LogP contribution < -0.4 is 5.73 Å². The van der Waals surface area contributed by atoms with Gasteiger partial charge >= 0.3 is 0 Å². The van der Waals surface area contributed by atoms with Crippen molar-refractivity contribution in [3.05, 3.63) is 0 Å². The molecule has 1 heterocycles. The Bertz CT molecular complexity index is 285. The van der Waals surface area contributed by atoms with Gasteiger partial charge in [-0.1, -0.05) is 6.42 Å². The van der Waals surface area contributed by atoms with Crippen molar-refractivity contribution in [1.29, 1.82) is 0 Å². The molecular weight excluding hydrogens is 210 g/mol. The van der Waals surface area contributed by atoms with Crippen molar-refractivity contribution in [3.63, 3.8) is 0 Å². The Labute approximate surface area is 85.4 Å². The zero-order valence-electron chi connectivity index (χ0n) is 7.53. The minimum atomic E-state index is -2.80. The summed E-state index contributed by atoms with van der Waals surface area (Å²) in [6, 6.07) is 0.119. The lowest BCUT2D eigenvalue weighted by molar-refractivity contribution is 0.283. The van der Waals surface area contributed by atoms with Crippen LogP contribution >= 0.6 is 12.4 Å². The van der Waals surface area contributed by atoms with E-state index in [1.54, 1.807) is 0 Å². The van der Waals surface area contributed by atoms with Crippen LogP contribution in [0.5, 0.6) is 0 Å². The van der Waals surface area contributed by atoms with E-state index in [2.05, 4.69) is 0 Å². The molecule has 1 atom stereocenters. The predicted octanol–water partition coefficient (Wildman–Crippen LogP) is 0.867. The van der Waals surface area contributed by atoms with Crippen LogP contribution in [0.25, 0.3) is 0 Å². The lowest BCUT2D eigenvalue weighted by atomic mass is 9.79. The summed E-state index contributed by atoms with van der Waals surface area (Å²) in [4.78, 5) is 0. The fraction of sp³-hybridized carbons (Fsp3) is 1.00. The molecule has 78 valence electrons. The molecule has 1 saturated carbocycles. The van der Waals surface area contributed by atoms with E-state index in [0.29, 0.717) is 18.6 Å². The summed E-state index contributed by atoms with van der Waals surface area (Å²) in [6.07, 6.45) is 4.12. The van der Waals surface area contributed by atoms with Crippen LogP contribution in [0, 0.1) is 0 Å². The first-order chi connectivity index (χ1) is 5.56. The average molecular weight is 226 g/mol. The summed E-state index contributed by atoms with van der Waals surface area (Å²) in [5.74, 6) is 0.314. The van der Waals surface area contributed by atoms with Crippen LogP contribution in [0.3, 0.4) is 0 Å². The van der Waals surface area contributed by atoms with E-state index in [4.69, 9.17) is 5.73 Å². The molecule has 0 bridgehead atoms. The highest BCUT2D eigenvalue weighted by Gasteiger charge is 2.51. The number of hydrogen-bond acceptors (Lipinski definition) is 3. The fourth-order valence-electron chi connectivity index (χ4n) is 2.32. The summed E-state index contributed by atoms with van der Waals surface area (Å²) >= 11 is 0. The Morgan fingerprint density at radius 1 is 1.31 bits per heavy atom. The van der Waals surface area contributed by atoms with Gasteiger partial charge in [-0.15, -0.1) is 12.4 Å². The van der Waals surface area contributed by atoms with Crippen molar-refractivity contribution in [2.75, 3.05) is 5.75 Å². The summed E-state index contributed by atoms with van der Waals surface area (Å²) < 4.78 is 23.0. The molecular formula is C8H16ClNO2S. The molecule has 5 heteroatoms. The topological polar surface area (TPSA) is 60.2 Å². The first-order valence-electron chi connectivity index (χ1n) is 4.54. The highest BCUT2D eigenvalue weighted by molar-refractivity contribution is 7.92. The second kappa shape index (κ2) is 3.41. The molecule has 1 unspecified atom stereocenters.